The van der Waals surface area contributed by atoms with Gasteiger partial charge in [-0.05, 0) is 159 Å². The molecule has 0 aliphatic heterocycles. The number of fused-ring (bicyclic) bond motifs is 3. The maximum absolute atomic E-state index is 2.60. The molecule has 0 amide bonds. The average Bonchev–Trinajstić information content (AvgIpc) is 3.77. The van der Waals surface area contributed by atoms with Crippen molar-refractivity contribution in [2.24, 2.45) is 11.8 Å². The summed E-state index contributed by atoms with van der Waals surface area (Å²) in [4.78, 5) is 2.55. The molecule has 2 heteroatoms. The molecule has 2 saturated carbocycles. The molecule has 0 N–H and O–H groups in total. The first-order chi connectivity index (χ1) is 32.2. The molecular weight excluding hydrogens is 803 g/mol. The monoisotopic (exact) mass is 851 g/mol. The normalized spacial score (nSPS) is 18.5. The molecule has 10 aromatic rings. The van der Waals surface area contributed by atoms with E-state index in [9.17, 15) is 0 Å². The zero-order valence-corrected chi connectivity index (χ0v) is 37.2. The van der Waals surface area contributed by atoms with Crippen molar-refractivity contribution in [3.8, 4) is 55.6 Å². The Kier molecular flexibility index (Phi) is 9.41. The van der Waals surface area contributed by atoms with Crippen LogP contribution in [0.4, 0.5) is 17.1 Å². The van der Waals surface area contributed by atoms with Crippen molar-refractivity contribution in [1.29, 1.82) is 0 Å². The van der Waals surface area contributed by atoms with Crippen LogP contribution < -0.4 is 4.90 Å². The lowest BCUT2D eigenvalue weighted by molar-refractivity contribution is 0.153. The van der Waals surface area contributed by atoms with Crippen LogP contribution in [0.1, 0.15) is 55.1 Å². The Morgan fingerprint density at radius 2 is 0.862 bits per heavy atom. The Morgan fingerprint density at radius 1 is 0.323 bits per heavy atom. The van der Waals surface area contributed by atoms with Crippen LogP contribution in [0.3, 0.4) is 0 Å². The van der Waals surface area contributed by atoms with Gasteiger partial charge in [0.2, 0.25) is 0 Å². The van der Waals surface area contributed by atoms with Gasteiger partial charge in [-0.3, -0.25) is 0 Å². The summed E-state index contributed by atoms with van der Waals surface area (Å²) in [6.07, 6.45) is 6.65. The number of hydrogen-bond acceptors (Lipinski definition) is 2. The number of para-hydroxylation sites is 1. The van der Waals surface area contributed by atoms with E-state index in [0.717, 1.165) is 17.5 Å². The topological polar surface area (TPSA) is 3.24 Å². The van der Waals surface area contributed by atoms with Gasteiger partial charge in [0, 0.05) is 37.1 Å². The first-order valence-corrected chi connectivity index (χ1v) is 24.4. The van der Waals surface area contributed by atoms with Gasteiger partial charge in [-0.25, -0.2) is 0 Å². The zero-order chi connectivity index (χ0) is 42.8. The predicted molar refractivity (Wildman–Crippen MR) is 277 cm³/mol. The molecule has 0 spiro atoms. The molecule has 2 unspecified atom stereocenters. The van der Waals surface area contributed by atoms with Crippen molar-refractivity contribution in [3.05, 3.63) is 223 Å². The summed E-state index contributed by atoms with van der Waals surface area (Å²) in [5.74, 6) is 2.81. The lowest BCUT2D eigenvalue weighted by atomic mass is 9.63. The highest BCUT2D eigenvalue weighted by Gasteiger charge is 2.40. The second-order valence-electron chi connectivity index (χ2n) is 18.8. The minimum Gasteiger partial charge on any atom is -0.310 e. The number of benzene rings is 9. The van der Waals surface area contributed by atoms with E-state index in [-0.39, 0.29) is 0 Å². The van der Waals surface area contributed by atoms with Crippen molar-refractivity contribution in [2.45, 2.75) is 43.9 Å². The number of nitrogens with zero attached hydrogens (tertiary/aromatic N) is 1. The van der Waals surface area contributed by atoms with Crippen molar-refractivity contribution >= 4 is 48.6 Å². The third-order valence-corrected chi connectivity index (χ3v) is 16.2. The highest BCUT2D eigenvalue weighted by atomic mass is 32.1. The molecular formula is C63H49NS. The van der Waals surface area contributed by atoms with E-state index in [1.54, 1.807) is 5.56 Å². The van der Waals surface area contributed by atoms with Gasteiger partial charge >= 0.3 is 0 Å². The molecule has 4 aliphatic carbocycles. The lowest BCUT2D eigenvalue weighted by Crippen LogP contribution is -2.29. The van der Waals surface area contributed by atoms with Gasteiger partial charge in [-0.1, -0.05) is 170 Å². The Hall–Kier alpha value is -7.00. The second kappa shape index (κ2) is 15.9. The fraction of sp³-hybridized carbons (Fsp3) is 0.143. The molecule has 0 saturated heterocycles. The molecule has 0 radical (unpaired) electrons. The maximum Gasteiger partial charge on any atom is 0.0540 e. The van der Waals surface area contributed by atoms with Crippen LogP contribution in [-0.2, 0) is 0 Å². The van der Waals surface area contributed by atoms with E-state index < -0.39 is 0 Å². The van der Waals surface area contributed by atoms with Crippen LogP contribution >= 0.6 is 11.3 Å². The number of rotatable bonds is 7. The fourth-order valence-electron chi connectivity index (χ4n) is 12.3. The summed E-state index contributed by atoms with van der Waals surface area (Å²) in [6, 6.07) is 79.8. The quantitative estimate of drug-likeness (QED) is 0.154. The molecule has 65 heavy (non-hydrogen) atoms. The van der Waals surface area contributed by atoms with E-state index in [0.29, 0.717) is 11.8 Å². The van der Waals surface area contributed by atoms with E-state index in [4.69, 9.17) is 0 Å². The lowest BCUT2D eigenvalue weighted by Gasteiger charge is -2.42. The standard InChI is InChI=1S/C63H49NS/c1-2-14-44(15-3-1)50-16-4-6-18-52(50)54-20-8-9-21-55(54)57-22-10-12-24-61(57)64(48-29-26-43(27-30-48)45-28-32-59-58-23-11-13-25-62(58)65-63(59)39-45)49-31-33-56-53-19-7-5-17-51(53)46-35-41-34-42(36-46)38-47(37-41)60(56)40-49/h1-33,39-42,46-47H,34-38H2. The zero-order valence-electron chi connectivity index (χ0n) is 36.4. The van der Waals surface area contributed by atoms with Crippen LogP contribution in [0.15, 0.2) is 212 Å². The van der Waals surface area contributed by atoms with E-state index in [1.807, 2.05) is 11.3 Å². The Bertz CT molecular complexity index is 3380. The summed E-state index contributed by atoms with van der Waals surface area (Å²) in [5.41, 5.74) is 19.3. The van der Waals surface area contributed by atoms with Crippen LogP contribution in [0.2, 0.25) is 0 Å². The summed E-state index contributed by atoms with van der Waals surface area (Å²) in [5, 5.41) is 2.67. The molecule has 14 rings (SSSR count). The van der Waals surface area contributed by atoms with Crippen molar-refractivity contribution in [3.63, 3.8) is 0 Å². The highest BCUT2D eigenvalue weighted by molar-refractivity contribution is 7.25. The molecule has 2 fully saturated rings. The first-order valence-electron chi connectivity index (χ1n) is 23.6. The molecule has 4 bridgehead atoms. The largest absolute Gasteiger partial charge is 0.310 e. The first kappa shape index (κ1) is 38.5. The third-order valence-electron chi connectivity index (χ3n) is 15.1. The van der Waals surface area contributed by atoms with Gasteiger partial charge in [0.1, 0.15) is 0 Å². The smallest absolute Gasteiger partial charge is 0.0540 e. The molecule has 312 valence electrons. The van der Waals surface area contributed by atoms with E-state index in [2.05, 4.69) is 217 Å². The average molecular weight is 852 g/mol. The van der Waals surface area contributed by atoms with Gasteiger partial charge in [0.05, 0.1) is 5.69 Å². The van der Waals surface area contributed by atoms with Crippen molar-refractivity contribution in [1.82, 2.24) is 0 Å². The minimum absolute atomic E-state index is 0.555. The highest BCUT2D eigenvalue weighted by Crippen LogP contribution is 2.56. The van der Waals surface area contributed by atoms with Crippen molar-refractivity contribution in [2.75, 3.05) is 4.90 Å². The second-order valence-corrected chi connectivity index (χ2v) is 19.9. The third kappa shape index (κ3) is 6.74. The molecule has 4 aliphatic rings. The molecule has 1 heterocycles. The van der Waals surface area contributed by atoms with Crippen LogP contribution in [0.5, 0.6) is 0 Å². The molecule has 1 aromatic heterocycles. The van der Waals surface area contributed by atoms with E-state index in [1.165, 1.54) is 125 Å². The summed E-state index contributed by atoms with van der Waals surface area (Å²) in [7, 11) is 0. The minimum atomic E-state index is 0.555. The molecule has 2 atom stereocenters. The summed E-state index contributed by atoms with van der Waals surface area (Å²) >= 11 is 1.88. The number of anilines is 3. The van der Waals surface area contributed by atoms with Crippen molar-refractivity contribution < 1.29 is 0 Å². The van der Waals surface area contributed by atoms with Gasteiger partial charge in [0.15, 0.2) is 0 Å². The predicted octanol–water partition coefficient (Wildman–Crippen LogP) is 18.3. The Labute approximate surface area is 386 Å². The molecule has 9 aromatic carbocycles. The Balaban J connectivity index is 0.988. The number of hydrogen-bond donors (Lipinski definition) is 0. The molecule has 1 nitrogen and oxygen atoms in total. The Morgan fingerprint density at radius 3 is 1.63 bits per heavy atom. The van der Waals surface area contributed by atoms with Crippen LogP contribution in [0, 0.1) is 11.8 Å². The van der Waals surface area contributed by atoms with Crippen LogP contribution in [0.25, 0.3) is 75.8 Å². The van der Waals surface area contributed by atoms with Gasteiger partial charge in [0.25, 0.3) is 0 Å². The van der Waals surface area contributed by atoms with Gasteiger partial charge in [-0.2, -0.15) is 0 Å². The fourth-order valence-corrected chi connectivity index (χ4v) is 13.4. The van der Waals surface area contributed by atoms with Gasteiger partial charge < -0.3 is 4.90 Å². The summed E-state index contributed by atoms with van der Waals surface area (Å²) in [6.45, 7) is 0. The SMILES string of the molecule is c1ccc(-c2ccccc2-c2ccccc2-c2ccccc2N(c2ccc(-c3ccc4c(c3)sc3ccccc34)cc2)c2ccc3c(c2)C2CC4CC(CC(C4)c4ccccc4-3)C2)cc1. The number of thiophene rings is 1. The van der Waals surface area contributed by atoms with E-state index >= 15 is 0 Å². The summed E-state index contributed by atoms with van der Waals surface area (Å²) < 4.78 is 2.67. The van der Waals surface area contributed by atoms with Gasteiger partial charge in [-0.15, -0.1) is 11.3 Å². The maximum atomic E-state index is 2.60. The van der Waals surface area contributed by atoms with Crippen LogP contribution in [-0.4, -0.2) is 0 Å².